The van der Waals surface area contributed by atoms with Crippen LogP contribution >= 0.6 is 15.9 Å². The number of halogens is 3. The maximum atomic E-state index is 12.2. The average Bonchev–Trinajstić information content (AvgIpc) is 2.03. The van der Waals surface area contributed by atoms with Crippen molar-refractivity contribution in [2.45, 2.75) is 19.4 Å². The van der Waals surface area contributed by atoms with E-state index in [1.165, 1.54) is 0 Å². The Morgan fingerprint density at radius 3 is 2.46 bits per heavy atom. The zero-order valence-electron chi connectivity index (χ0n) is 7.10. The summed E-state index contributed by atoms with van der Waals surface area (Å²) < 4.78 is 25.1. The summed E-state index contributed by atoms with van der Waals surface area (Å²) in [5.41, 5.74) is 6.76. The molecule has 0 aliphatic rings. The van der Waals surface area contributed by atoms with Crippen LogP contribution in [0.1, 0.15) is 17.2 Å². The number of hydrogen-bond acceptors (Lipinski definition) is 1. The maximum absolute atomic E-state index is 12.2. The summed E-state index contributed by atoms with van der Waals surface area (Å²) in [6, 6.07) is 3.95. The molecule has 0 radical (unpaired) electrons. The van der Waals surface area contributed by atoms with Crippen molar-refractivity contribution in [3.63, 3.8) is 0 Å². The van der Waals surface area contributed by atoms with Gasteiger partial charge in [0.1, 0.15) is 0 Å². The van der Waals surface area contributed by atoms with Gasteiger partial charge in [0.25, 0.3) is 6.43 Å². The second-order valence-corrected chi connectivity index (χ2v) is 3.74. The minimum absolute atomic E-state index is 0.445. The largest absolute Gasteiger partial charge is 0.319 e. The third-order valence-corrected chi connectivity index (χ3v) is 2.47. The van der Waals surface area contributed by atoms with E-state index in [4.69, 9.17) is 5.73 Å². The van der Waals surface area contributed by atoms with Gasteiger partial charge in [-0.15, -0.1) is 0 Å². The molecule has 0 aliphatic heterocycles. The van der Waals surface area contributed by atoms with Crippen LogP contribution in [0.15, 0.2) is 22.7 Å². The first-order valence-corrected chi connectivity index (χ1v) is 4.61. The zero-order chi connectivity index (χ0) is 10.0. The van der Waals surface area contributed by atoms with Gasteiger partial charge in [-0.05, 0) is 24.1 Å². The minimum atomic E-state index is -2.53. The van der Waals surface area contributed by atoms with Crippen molar-refractivity contribution >= 4 is 15.9 Å². The smallest absolute Gasteiger partial charge is 0.257 e. The molecule has 0 spiro atoms. The molecule has 1 aromatic rings. The SMILES string of the molecule is Cc1ccc([C@H](N)C(F)F)c(Br)c1. The van der Waals surface area contributed by atoms with Crippen LogP contribution in [-0.4, -0.2) is 6.43 Å². The molecule has 72 valence electrons. The van der Waals surface area contributed by atoms with Crippen molar-refractivity contribution in [1.82, 2.24) is 0 Å². The van der Waals surface area contributed by atoms with E-state index in [1.807, 2.05) is 6.92 Å². The van der Waals surface area contributed by atoms with Crippen LogP contribution in [0.25, 0.3) is 0 Å². The first-order chi connectivity index (χ1) is 6.02. The summed E-state index contributed by atoms with van der Waals surface area (Å²) in [6.45, 7) is 1.89. The molecule has 1 nitrogen and oxygen atoms in total. The van der Waals surface area contributed by atoms with Crippen LogP contribution < -0.4 is 5.73 Å². The van der Waals surface area contributed by atoms with Gasteiger partial charge < -0.3 is 5.73 Å². The molecule has 0 unspecified atom stereocenters. The summed E-state index contributed by atoms with van der Waals surface area (Å²) in [4.78, 5) is 0. The predicted octanol–water partition coefficient (Wildman–Crippen LogP) is 3.02. The van der Waals surface area contributed by atoms with Crippen molar-refractivity contribution in [2.24, 2.45) is 5.73 Å². The summed E-state index contributed by atoms with van der Waals surface area (Å²) >= 11 is 3.20. The third-order valence-electron chi connectivity index (χ3n) is 1.79. The quantitative estimate of drug-likeness (QED) is 0.857. The molecule has 0 heterocycles. The fraction of sp³-hybridized carbons (Fsp3) is 0.333. The standard InChI is InChI=1S/C9H10BrF2N/c1-5-2-3-6(7(10)4-5)8(13)9(11)12/h2-4,8-9H,13H2,1H3/t8-/m0/s1. The number of alkyl halides is 2. The highest BCUT2D eigenvalue weighted by Gasteiger charge is 2.19. The second kappa shape index (κ2) is 4.15. The van der Waals surface area contributed by atoms with E-state index in [0.29, 0.717) is 10.0 Å². The van der Waals surface area contributed by atoms with Crippen LogP contribution in [0.5, 0.6) is 0 Å². The molecule has 0 saturated carbocycles. The highest BCUT2D eigenvalue weighted by Crippen LogP contribution is 2.26. The number of aryl methyl sites for hydroxylation is 1. The molecule has 0 aliphatic carbocycles. The van der Waals surface area contributed by atoms with Crippen LogP contribution in [-0.2, 0) is 0 Å². The Morgan fingerprint density at radius 1 is 1.38 bits per heavy atom. The molecule has 2 N–H and O–H groups in total. The number of hydrogen-bond donors (Lipinski definition) is 1. The number of benzene rings is 1. The van der Waals surface area contributed by atoms with Gasteiger partial charge in [-0.1, -0.05) is 28.1 Å². The summed E-state index contributed by atoms with van der Waals surface area (Å²) in [6.07, 6.45) is -2.53. The highest BCUT2D eigenvalue weighted by atomic mass is 79.9. The van der Waals surface area contributed by atoms with Crippen molar-refractivity contribution in [2.75, 3.05) is 0 Å². The molecule has 0 fully saturated rings. The van der Waals surface area contributed by atoms with Crippen molar-refractivity contribution in [1.29, 1.82) is 0 Å². The van der Waals surface area contributed by atoms with E-state index in [1.54, 1.807) is 18.2 Å². The lowest BCUT2D eigenvalue weighted by molar-refractivity contribution is 0.116. The van der Waals surface area contributed by atoms with Crippen LogP contribution in [0.2, 0.25) is 0 Å². The maximum Gasteiger partial charge on any atom is 0.257 e. The molecular formula is C9H10BrF2N. The van der Waals surface area contributed by atoms with E-state index < -0.39 is 12.5 Å². The number of nitrogens with two attached hydrogens (primary N) is 1. The lowest BCUT2D eigenvalue weighted by atomic mass is 10.1. The van der Waals surface area contributed by atoms with Crippen LogP contribution in [0.3, 0.4) is 0 Å². The normalized spacial score (nSPS) is 13.4. The predicted molar refractivity (Wildman–Crippen MR) is 51.8 cm³/mol. The first-order valence-electron chi connectivity index (χ1n) is 3.82. The molecule has 0 saturated heterocycles. The van der Waals surface area contributed by atoms with E-state index in [2.05, 4.69) is 15.9 Å². The van der Waals surface area contributed by atoms with Crippen molar-refractivity contribution in [3.05, 3.63) is 33.8 Å². The van der Waals surface area contributed by atoms with E-state index in [-0.39, 0.29) is 0 Å². The fourth-order valence-corrected chi connectivity index (χ4v) is 1.80. The molecule has 4 heteroatoms. The van der Waals surface area contributed by atoms with Gasteiger partial charge in [0.15, 0.2) is 0 Å². The molecule has 1 rings (SSSR count). The Kier molecular flexibility index (Phi) is 3.39. The monoisotopic (exact) mass is 249 g/mol. The van der Waals surface area contributed by atoms with Crippen LogP contribution in [0.4, 0.5) is 8.78 Å². The van der Waals surface area contributed by atoms with Gasteiger partial charge in [-0.3, -0.25) is 0 Å². The van der Waals surface area contributed by atoms with E-state index in [9.17, 15) is 8.78 Å². The van der Waals surface area contributed by atoms with Gasteiger partial charge in [-0.2, -0.15) is 0 Å². The Morgan fingerprint density at radius 2 is 2.00 bits per heavy atom. The molecule has 1 aromatic carbocycles. The Bertz CT molecular complexity index is 302. The molecule has 1 atom stereocenters. The third kappa shape index (κ3) is 2.48. The Balaban J connectivity index is 3.01. The number of rotatable bonds is 2. The first kappa shape index (κ1) is 10.6. The molecular weight excluding hydrogens is 240 g/mol. The van der Waals surface area contributed by atoms with Gasteiger partial charge in [-0.25, -0.2) is 8.78 Å². The Hall–Kier alpha value is -0.480. The average molecular weight is 250 g/mol. The lowest BCUT2D eigenvalue weighted by Gasteiger charge is -2.12. The summed E-state index contributed by atoms with van der Waals surface area (Å²) in [5, 5.41) is 0. The van der Waals surface area contributed by atoms with Gasteiger partial charge >= 0.3 is 0 Å². The Labute approximate surface area is 84.1 Å². The van der Waals surface area contributed by atoms with Gasteiger partial charge in [0.05, 0.1) is 6.04 Å². The lowest BCUT2D eigenvalue weighted by Crippen LogP contribution is -2.19. The zero-order valence-corrected chi connectivity index (χ0v) is 8.68. The van der Waals surface area contributed by atoms with Crippen molar-refractivity contribution < 1.29 is 8.78 Å². The van der Waals surface area contributed by atoms with Gasteiger partial charge in [0, 0.05) is 4.47 Å². The molecule has 0 amide bonds. The van der Waals surface area contributed by atoms with E-state index >= 15 is 0 Å². The minimum Gasteiger partial charge on any atom is -0.319 e. The van der Waals surface area contributed by atoms with Crippen molar-refractivity contribution in [3.8, 4) is 0 Å². The molecule has 0 bridgehead atoms. The second-order valence-electron chi connectivity index (χ2n) is 2.89. The topological polar surface area (TPSA) is 26.0 Å². The van der Waals surface area contributed by atoms with E-state index in [0.717, 1.165) is 5.56 Å². The molecule has 0 aromatic heterocycles. The highest BCUT2D eigenvalue weighted by molar-refractivity contribution is 9.10. The van der Waals surface area contributed by atoms with Crippen LogP contribution in [0, 0.1) is 6.92 Å². The van der Waals surface area contributed by atoms with Gasteiger partial charge in [0.2, 0.25) is 0 Å². The summed E-state index contributed by atoms with van der Waals surface area (Å²) in [7, 11) is 0. The molecule has 13 heavy (non-hydrogen) atoms. The summed E-state index contributed by atoms with van der Waals surface area (Å²) in [5.74, 6) is 0. The fourth-order valence-electron chi connectivity index (χ4n) is 1.04.